The summed E-state index contributed by atoms with van der Waals surface area (Å²) in [5.74, 6) is 1.70. The van der Waals surface area contributed by atoms with Crippen LogP contribution in [0, 0.1) is 6.92 Å². The fourth-order valence-electron chi connectivity index (χ4n) is 4.20. The molecule has 29 heavy (non-hydrogen) atoms. The molecule has 2 aliphatic heterocycles. The number of rotatable bonds is 3. The van der Waals surface area contributed by atoms with E-state index < -0.39 is 0 Å². The van der Waals surface area contributed by atoms with Crippen molar-refractivity contribution in [3.8, 4) is 5.88 Å². The molecule has 0 amide bonds. The van der Waals surface area contributed by atoms with E-state index >= 15 is 0 Å². The average Bonchev–Trinajstić information content (AvgIpc) is 3.21. The van der Waals surface area contributed by atoms with Crippen LogP contribution in [0.2, 0.25) is 5.02 Å². The first-order valence-corrected chi connectivity index (χ1v) is 11.4. The molecule has 5 rings (SSSR count). The zero-order chi connectivity index (χ0) is 20.0. The minimum Gasteiger partial charge on any atom is -0.469 e. The molecule has 0 aliphatic carbocycles. The van der Waals surface area contributed by atoms with Crippen LogP contribution in [0.4, 0.5) is 5.82 Å². The Labute approximate surface area is 178 Å². The van der Waals surface area contributed by atoms with E-state index in [0.29, 0.717) is 5.88 Å². The van der Waals surface area contributed by atoms with Gasteiger partial charge in [-0.3, -0.25) is 5.10 Å². The van der Waals surface area contributed by atoms with Crippen molar-refractivity contribution in [2.45, 2.75) is 31.0 Å². The number of fused-ring (bicyclic) bond motifs is 2. The minimum atomic E-state index is -0.157. The van der Waals surface area contributed by atoms with Gasteiger partial charge >= 0.3 is 0 Å². The van der Waals surface area contributed by atoms with Crippen LogP contribution in [0.5, 0.6) is 5.88 Å². The number of hydrogen-bond donors (Lipinski definition) is 2. The van der Waals surface area contributed by atoms with Gasteiger partial charge in [-0.15, -0.1) is 0 Å². The highest BCUT2D eigenvalue weighted by Gasteiger charge is 2.31. The Morgan fingerprint density at radius 3 is 2.90 bits per heavy atom. The standard InChI is InChI=1S/C20H23ClN6OS/c1-11-9-14-13(10-23-26-14)16(17(11)21)15-4-3-12-18(27-7-5-22-6-8-27)24-20(29-2)25-19(12)28-15/h9-10,15,22H,3-8H2,1-2H3,(H,23,26). The van der Waals surface area contributed by atoms with E-state index in [1.807, 2.05) is 25.4 Å². The van der Waals surface area contributed by atoms with Gasteiger partial charge in [-0.2, -0.15) is 10.1 Å². The Balaban J connectivity index is 1.56. The van der Waals surface area contributed by atoms with Gasteiger partial charge in [-0.25, -0.2) is 4.98 Å². The fraction of sp³-hybridized carbons (Fsp3) is 0.450. The van der Waals surface area contributed by atoms with E-state index in [1.54, 1.807) is 11.8 Å². The molecule has 3 aromatic rings. The van der Waals surface area contributed by atoms with Crippen LogP contribution >= 0.6 is 23.4 Å². The number of aryl methyl sites for hydroxylation is 1. The van der Waals surface area contributed by atoms with Crippen molar-refractivity contribution in [2.75, 3.05) is 37.3 Å². The van der Waals surface area contributed by atoms with Crippen LogP contribution < -0.4 is 15.0 Å². The number of H-pyrrole nitrogens is 1. The number of ether oxygens (including phenoxy) is 1. The van der Waals surface area contributed by atoms with Crippen molar-refractivity contribution >= 4 is 40.1 Å². The summed E-state index contributed by atoms with van der Waals surface area (Å²) in [6.45, 7) is 5.84. The number of nitrogens with zero attached hydrogens (tertiary/aromatic N) is 4. The molecule has 1 atom stereocenters. The second kappa shape index (κ2) is 7.66. The molecule has 0 saturated carbocycles. The summed E-state index contributed by atoms with van der Waals surface area (Å²) in [7, 11) is 0. The first-order chi connectivity index (χ1) is 14.2. The number of hydrogen-bond acceptors (Lipinski definition) is 7. The smallest absolute Gasteiger partial charge is 0.223 e. The lowest BCUT2D eigenvalue weighted by molar-refractivity contribution is 0.167. The van der Waals surface area contributed by atoms with Gasteiger partial charge in [-0.1, -0.05) is 23.4 Å². The summed E-state index contributed by atoms with van der Waals surface area (Å²) in [6.07, 6.45) is 5.36. The topological polar surface area (TPSA) is 79.0 Å². The fourth-order valence-corrected chi connectivity index (χ4v) is 4.83. The monoisotopic (exact) mass is 430 g/mol. The van der Waals surface area contributed by atoms with Crippen molar-refractivity contribution in [3.63, 3.8) is 0 Å². The molecule has 1 aromatic carbocycles. The molecule has 1 fully saturated rings. The van der Waals surface area contributed by atoms with Gasteiger partial charge in [0.1, 0.15) is 11.9 Å². The van der Waals surface area contributed by atoms with Gasteiger partial charge < -0.3 is 15.0 Å². The van der Waals surface area contributed by atoms with E-state index in [0.717, 1.165) is 82.6 Å². The number of aromatic amines is 1. The van der Waals surface area contributed by atoms with E-state index in [2.05, 4.69) is 20.4 Å². The second-order valence-corrected chi connectivity index (χ2v) is 8.60. The Morgan fingerprint density at radius 1 is 1.28 bits per heavy atom. The number of benzene rings is 1. The van der Waals surface area contributed by atoms with Gasteiger partial charge in [0.15, 0.2) is 5.16 Å². The average molecular weight is 431 g/mol. The number of piperazine rings is 1. The molecular weight excluding hydrogens is 408 g/mol. The summed E-state index contributed by atoms with van der Waals surface area (Å²) >= 11 is 8.27. The van der Waals surface area contributed by atoms with Crippen LogP contribution in [0.25, 0.3) is 10.9 Å². The Kier molecular flexibility index (Phi) is 5.01. The van der Waals surface area contributed by atoms with E-state index in [1.165, 1.54) is 0 Å². The summed E-state index contributed by atoms with van der Waals surface area (Å²) in [5, 5.41) is 13.2. The van der Waals surface area contributed by atoms with Crippen molar-refractivity contribution in [2.24, 2.45) is 0 Å². The largest absolute Gasteiger partial charge is 0.469 e. The first-order valence-electron chi connectivity index (χ1n) is 9.85. The third-order valence-corrected chi connectivity index (χ3v) is 6.71. The van der Waals surface area contributed by atoms with Gasteiger partial charge in [0.25, 0.3) is 0 Å². The quantitative estimate of drug-likeness (QED) is 0.486. The van der Waals surface area contributed by atoms with Gasteiger partial charge in [0.2, 0.25) is 5.88 Å². The molecule has 1 saturated heterocycles. The molecule has 2 aromatic heterocycles. The Morgan fingerprint density at radius 2 is 2.10 bits per heavy atom. The number of nitrogens with one attached hydrogen (secondary N) is 2. The lowest BCUT2D eigenvalue weighted by Gasteiger charge is -2.33. The highest BCUT2D eigenvalue weighted by molar-refractivity contribution is 7.98. The molecule has 1 unspecified atom stereocenters. The summed E-state index contributed by atoms with van der Waals surface area (Å²) in [4.78, 5) is 11.9. The predicted octanol–water partition coefficient (Wildman–Crippen LogP) is 3.51. The van der Waals surface area contributed by atoms with Crippen LogP contribution in [-0.4, -0.2) is 52.6 Å². The summed E-state index contributed by atoms with van der Waals surface area (Å²) < 4.78 is 6.47. The highest BCUT2D eigenvalue weighted by atomic mass is 35.5. The lowest BCUT2D eigenvalue weighted by Crippen LogP contribution is -2.44. The molecule has 4 heterocycles. The van der Waals surface area contributed by atoms with E-state index in [9.17, 15) is 0 Å². The number of aromatic nitrogens is 4. The summed E-state index contributed by atoms with van der Waals surface area (Å²) in [5.41, 5.74) is 4.09. The SMILES string of the molecule is CSc1nc2c(c(N3CCNCC3)n1)CCC(c1c(Cl)c(C)cc3[nH]ncc13)O2. The van der Waals surface area contributed by atoms with Gasteiger partial charge in [0, 0.05) is 37.1 Å². The third kappa shape index (κ3) is 3.33. The molecule has 2 aliphatic rings. The molecule has 7 nitrogen and oxygen atoms in total. The van der Waals surface area contributed by atoms with Crippen LogP contribution in [0.3, 0.4) is 0 Å². The van der Waals surface area contributed by atoms with Crippen molar-refractivity contribution < 1.29 is 4.74 Å². The summed E-state index contributed by atoms with van der Waals surface area (Å²) in [6, 6.07) is 2.03. The zero-order valence-corrected chi connectivity index (χ0v) is 18.0. The van der Waals surface area contributed by atoms with E-state index in [-0.39, 0.29) is 6.10 Å². The normalized spacial score (nSPS) is 19.3. The maximum atomic E-state index is 6.73. The van der Waals surface area contributed by atoms with Gasteiger partial charge in [0.05, 0.1) is 22.3 Å². The Hall–Kier alpha value is -2.03. The molecule has 9 heteroatoms. The molecular formula is C20H23ClN6OS. The molecule has 152 valence electrons. The Bertz CT molecular complexity index is 1060. The molecule has 0 bridgehead atoms. The lowest BCUT2D eigenvalue weighted by atomic mass is 9.95. The molecule has 2 N–H and O–H groups in total. The van der Waals surface area contributed by atoms with Crippen LogP contribution in [-0.2, 0) is 6.42 Å². The van der Waals surface area contributed by atoms with Crippen molar-refractivity contribution in [3.05, 3.63) is 34.0 Å². The number of thioether (sulfide) groups is 1. The second-order valence-electron chi connectivity index (χ2n) is 7.45. The molecule has 0 spiro atoms. The number of halogens is 1. The first kappa shape index (κ1) is 19.0. The highest BCUT2D eigenvalue weighted by Crippen LogP contribution is 2.43. The minimum absolute atomic E-state index is 0.157. The maximum Gasteiger partial charge on any atom is 0.223 e. The van der Waals surface area contributed by atoms with Crippen LogP contribution in [0.15, 0.2) is 17.4 Å². The van der Waals surface area contributed by atoms with Crippen molar-refractivity contribution in [1.29, 1.82) is 0 Å². The maximum absolute atomic E-state index is 6.73. The third-order valence-electron chi connectivity index (χ3n) is 5.66. The van der Waals surface area contributed by atoms with E-state index in [4.69, 9.17) is 26.3 Å². The van der Waals surface area contributed by atoms with Crippen molar-refractivity contribution in [1.82, 2.24) is 25.5 Å². The number of anilines is 1. The predicted molar refractivity (Wildman–Crippen MR) is 116 cm³/mol. The van der Waals surface area contributed by atoms with Crippen LogP contribution in [0.1, 0.15) is 29.2 Å². The van der Waals surface area contributed by atoms with Gasteiger partial charge in [-0.05, 0) is 37.7 Å². The zero-order valence-electron chi connectivity index (χ0n) is 16.5. The molecule has 0 radical (unpaired) electrons.